The molecule has 0 aromatic rings. The Hall–Kier alpha value is -0.590. The van der Waals surface area contributed by atoms with E-state index >= 15 is 0 Å². The summed E-state index contributed by atoms with van der Waals surface area (Å²) in [7, 11) is 0. The maximum Gasteiger partial charge on any atom is 0.0621 e. The molecule has 0 amide bonds. The van der Waals surface area contributed by atoms with Gasteiger partial charge < -0.3 is 5.11 Å². The lowest BCUT2D eigenvalue weighted by molar-refractivity contribution is 0.157. The van der Waals surface area contributed by atoms with Crippen molar-refractivity contribution in [1.82, 2.24) is 4.90 Å². The highest BCUT2D eigenvalue weighted by atomic mass is 16.3. The number of hydrogen-bond donors (Lipinski definition) is 1. The smallest absolute Gasteiger partial charge is 0.0621 e. The van der Waals surface area contributed by atoms with E-state index in [4.69, 9.17) is 10.4 Å². The number of nitriles is 1. The number of aliphatic hydroxyl groups is 1. The molecule has 0 aliphatic carbocycles. The van der Waals surface area contributed by atoms with Crippen molar-refractivity contribution in [3.05, 3.63) is 0 Å². The molecule has 1 unspecified atom stereocenters. The largest absolute Gasteiger partial charge is 0.395 e. The van der Waals surface area contributed by atoms with Gasteiger partial charge >= 0.3 is 0 Å². The van der Waals surface area contributed by atoms with E-state index in [1.807, 2.05) is 0 Å². The van der Waals surface area contributed by atoms with E-state index in [0.717, 1.165) is 32.4 Å². The molecule has 0 aromatic carbocycles. The Bertz CT molecular complexity index is 176. The van der Waals surface area contributed by atoms with E-state index in [0.29, 0.717) is 12.5 Å². The zero-order valence-electron chi connectivity index (χ0n) is 8.08. The van der Waals surface area contributed by atoms with Crippen LogP contribution in [0.1, 0.15) is 32.1 Å². The van der Waals surface area contributed by atoms with Crippen LogP contribution in [-0.2, 0) is 0 Å². The van der Waals surface area contributed by atoms with Crippen LogP contribution in [-0.4, -0.2) is 35.7 Å². The molecule has 0 saturated carbocycles. The summed E-state index contributed by atoms with van der Waals surface area (Å²) in [6.07, 6.45) is 5.09. The topological polar surface area (TPSA) is 47.3 Å². The highest BCUT2D eigenvalue weighted by molar-refractivity contribution is 4.78. The third-order valence-corrected chi connectivity index (χ3v) is 2.69. The van der Waals surface area contributed by atoms with Crippen molar-refractivity contribution < 1.29 is 5.11 Å². The van der Waals surface area contributed by atoms with Gasteiger partial charge in [0.15, 0.2) is 0 Å². The first-order chi connectivity index (χ1) is 6.38. The number of hydrogen-bond acceptors (Lipinski definition) is 3. The molecule has 1 heterocycles. The standard InChI is InChI=1S/C10H18N2O/c11-6-2-1-3-7-12-8-4-5-10(12)9-13/h10,13H,1-5,7-9H2. The highest BCUT2D eigenvalue weighted by Crippen LogP contribution is 2.17. The quantitative estimate of drug-likeness (QED) is 0.648. The van der Waals surface area contributed by atoms with Crippen LogP contribution in [0.15, 0.2) is 0 Å². The van der Waals surface area contributed by atoms with Gasteiger partial charge in [-0.1, -0.05) is 0 Å². The molecule has 1 aliphatic rings. The SMILES string of the molecule is N#CCCCCN1CCCC1CO. The highest BCUT2D eigenvalue weighted by Gasteiger charge is 2.22. The van der Waals surface area contributed by atoms with Gasteiger partial charge in [0, 0.05) is 12.5 Å². The predicted octanol–water partition coefficient (Wildman–Crippen LogP) is 1.14. The number of rotatable bonds is 5. The Morgan fingerprint density at radius 1 is 1.46 bits per heavy atom. The van der Waals surface area contributed by atoms with Crippen LogP contribution in [0, 0.1) is 11.3 Å². The second-order valence-corrected chi connectivity index (χ2v) is 3.63. The van der Waals surface area contributed by atoms with Gasteiger partial charge in [-0.3, -0.25) is 4.90 Å². The van der Waals surface area contributed by atoms with Crippen molar-refractivity contribution >= 4 is 0 Å². The molecule has 3 nitrogen and oxygen atoms in total. The average molecular weight is 182 g/mol. The third kappa shape index (κ3) is 3.33. The summed E-state index contributed by atoms with van der Waals surface area (Å²) >= 11 is 0. The summed E-state index contributed by atoms with van der Waals surface area (Å²) in [6, 6.07) is 2.54. The summed E-state index contributed by atoms with van der Waals surface area (Å²) < 4.78 is 0. The van der Waals surface area contributed by atoms with Crippen LogP contribution >= 0.6 is 0 Å². The lowest BCUT2D eigenvalue weighted by Crippen LogP contribution is -2.32. The molecule has 74 valence electrons. The molecule has 0 radical (unpaired) electrons. The van der Waals surface area contributed by atoms with E-state index in [1.165, 1.54) is 6.42 Å². The monoisotopic (exact) mass is 182 g/mol. The second kappa shape index (κ2) is 5.95. The first-order valence-corrected chi connectivity index (χ1v) is 5.10. The minimum atomic E-state index is 0.290. The Balaban J connectivity index is 2.10. The van der Waals surface area contributed by atoms with E-state index in [9.17, 15) is 0 Å². The van der Waals surface area contributed by atoms with Gasteiger partial charge in [-0.05, 0) is 38.8 Å². The van der Waals surface area contributed by atoms with Crippen LogP contribution < -0.4 is 0 Å². The van der Waals surface area contributed by atoms with E-state index in [1.54, 1.807) is 0 Å². The van der Waals surface area contributed by atoms with Crippen molar-refractivity contribution in [3.63, 3.8) is 0 Å². The van der Waals surface area contributed by atoms with Gasteiger partial charge in [0.05, 0.1) is 12.7 Å². The van der Waals surface area contributed by atoms with Gasteiger partial charge in [0.1, 0.15) is 0 Å². The number of unbranched alkanes of at least 4 members (excludes halogenated alkanes) is 2. The lowest BCUT2D eigenvalue weighted by atomic mass is 10.2. The van der Waals surface area contributed by atoms with Gasteiger partial charge in [0.25, 0.3) is 0 Å². The molecule has 1 N–H and O–H groups in total. The summed E-state index contributed by atoms with van der Waals surface area (Å²) in [6.45, 7) is 2.46. The Morgan fingerprint density at radius 3 is 3.00 bits per heavy atom. The fraction of sp³-hybridized carbons (Fsp3) is 0.900. The maximum atomic E-state index is 9.05. The van der Waals surface area contributed by atoms with Crippen LogP contribution in [0.2, 0.25) is 0 Å². The van der Waals surface area contributed by atoms with Gasteiger partial charge in [-0.2, -0.15) is 5.26 Å². The molecular weight excluding hydrogens is 164 g/mol. The average Bonchev–Trinajstić information content (AvgIpc) is 2.60. The van der Waals surface area contributed by atoms with Gasteiger partial charge in [0.2, 0.25) is 0 Å². The van der Waals surface area contributed by atoms with Crippen molar-refractivity contribution in [2.45, 2.75) is 38.1 Å². The van der Waals surface area contributed by atoms with Crippen molar-refractivity contribution in [1.29, 1.82) is 5.26 Å². The molecule has 1 saturated heterocycles. The van der Waals surface area contributed by atoms with Crippen molar-refractivity contribution in [3.8, 4) is 6.07 Å². The van der Waals surface area contributed by atoms with E-state index in [2.05, 4.69) is 11.0 Å². The van der Waals surface area contributed by atoms with Crippen LogP contribution in [0.25, 0.3) is 0 Å². The molecule has 3 heteroatoms. The lowest BCUT2D eigenvalue weighted by Gasteiger charge is -2.22. The first kappa shape index (κ1) is 10.5. The minimum absolute atomic E-state index is 0.290. The summed E-state index contributed by atoms with van der Waals surface area (Å²) in [5.74, 6) is 0. The van der Waals surface area contributed by atoms with Crippen molar-refractivity contribution in [2.75, 3.05) is 19.7 Å². The zero-order chi connectivity index (χ0) is 9.52. The Labute approximate surface area is 80.0 Å². The zero-order valence-corrected chi connectivity index (χ0v) is 8.08. The predicted molar refractivity (Wildman–Crippen MR) is 51.1 cm³/mol. The Morgan fingerprint density at radius 2 is 2.31 bits per heavy atom. The van der Waals surface area contributed by atoms with Crippen LogP contribution in [0.3, 0.4) is 0 Å². The molecule has 0 bridgehead atoms. The molecule has 1 fully saturated rings. The minimum Gasteiger partial charge on any atom is -0.395 e. The van der Waals surface area contributed by atoms with Crippen molar-refractivity contribution in [2.24, 2.45) is 0 Å². The molecule has 0 spiro atoms. The summed E-state index contributed by atoms with van der Waals surface area (Å²) in [4.78, 5) is 2.34. The van der Waals surface area contributed by atoms with E-state index < -0.39 is 0 Å². The summed E-state index contributed by atoms with van der Waals surface area (Å²) in [5, 5.41) is 17.4. The molecule has 1 rings (SSSR count). The fourth-order valence-electron chi connectivity index (χ4n) is 1.92. The number of aliphatic hydroxyl groups excluding tert-OH is 1. The first-order valence-electron chi connectivity index (χ1n) is 5.10. The van der Waals surface area contributed by atoms with Gasteiger partial charge in [-0.25, -0.2) is 0 Å². The maximum absolute atomic E-state index is 9.05. The normalized spacial score (nSPS) is 23.2. The number of nitrogens with zero attached hydrogens (tertiary/aromatic N) is 2. The molecule has 0 aromatic heterocycles. The van der Waals surface area contributed by atoms with E-state index in [-0.39, 0.29) is 6.61 Å². The number of likely N-dealkylation sites (tertiary alicyclic amines) is 1. The fourth-order valence-corrected chi connectivity index (χ4v) is 1.92. The molecule has 13 heavy (non-hydrogen) atoms. The molecular formula is C10H18N2O. The van der Waals surface area contributed by atoms with Crippen LogP contribution in [0.5, 0.6) is 0 Å². The van der Waals surface area contributed by atoms with Gasteiger partial charge in [-0.15, -0.1) is 0 Å². The molecule has 1 aliphatic heterocycles. The van der Waals surface area contributed by atoms with Crippen LogP contribution in [0.4, 0.5) is 0 Å². The third-order valence-electron chi connectivity index (χ3n) is 2.69. The molecule has 1 atom stereocenters. The second-order valence-electron chi connectivity index (χ2n) is 3.63. The Kier molecular flexibility index (Phi) is 4.81. The summed E-state index contributed by atoms with van der Waals surface area (Å²) in [5.41, 5.74) is 0.